The van der Waals surface area contributed by atoms with E-state index in [4.69, 9.17) is 14.2 Å². The maximum Gasteiger partial charge on any atom is 0.303 e. The molecule has 0 aromatic rings. The molecule has 2 aliphatic heterocycles. The van der Waals surface area contributed by atoms with Crippen LogP contribution in [0.5, 0.6) is 0 Å². The smallest absolute Gasteiger partial charge is 0.303 e. The highest BCUT2D eigenvalue weighted by molar-refractivity contribution is 5.66. The monoisotopic (exact) mass is 376 g/mol. The molecule has 1 spiro atoms. The first-order valence-corrected chi connectivity index (χ1v) is 10.1. The van der Waals surface area contributed by atoms with Gasteiger partial charge in [0, 0.05) is 25.2 Å². The number of fused-ring (bicyclic) bond motifs is 1. The molecule has 0 unspecified atom stereocenters. The first kappa shape index (κ1) is 19.2. The number of carbonyl (C=O) groups excluding carboxylic acids is 1. The van der Waals surface area contributed by atoms with Crippen LogP contribution < -0.4 is 0 Å². The summed E-state index contributed by atoms with van der Waals surface area (Å²) in [6, 6.07) is 0. The van der Waals surface area contributed by atoms with Crippen molar-refractivity contribution in [2.24, 2.45) is 11.3 Å². The van der Waals surface area contributed by atoms with E-state index in [-0.39, 0.29) is 23.1 Å². The van der Waals surface area contributed by atoms with E-state index in [1.807, 2.05) is 13.0 Å². The van der Waals surface area contributed by atoms with Gasteiger partial charge in [-0.2, -0.15) is 0 Å². The molecule has 5 atom stereocenters. The lowest BCUT2D eigenvalue weighted by atomic mass is 9.55. The molecule has 2 heterocycles. The number of hydrogen-bond acceptors (Lipinski definition) is 5. The molecular weight excluding hydrogens is 344 g/mol. The van der Waals surface area contributed by atoms with E-state index in [0.29, 0.717) is 25.4 Å². The molecule has 27 heavy (non-hydrogen) atoms. The van der Waals surface area contributed by atoms with Crippen LogP contribution >= 0.6 is 0 Å². The number of hydrogen-bond donors (Lipinski definition) is 1. The van der Waals surface area contributed by atoms with Crippen LogP contribution in [0.15, 0.2) is 23.8 Å². The zero-order valence-electron chi connectivity index (χ0n) is 17.0. The van der Waals surface area contributed by atoms with Gasteiger partial charge in [0.05, 0.1) is 6.61 Å². The molecule has 4 rings (SSSR count). The lowest BCUT2D eigenvalue weighted by Crippen LogP contribution is -2.59. The first-order chi connectivity index (χ1) is 12.6. The average molecular weight is 376 g/mol. The third kappa shape index (κ3) is 2.58. The minimum atomic E-state index is -1.34. The van der Waals surface area contributed by atoms with Gasteiger partial charge in [-0.3, -0.25) is 4.79 Å². The van der Waals surface area contributed by atoms with Crippen molar-refractivity contribution in [3.8, 4) is 0 Å². The van der Waals surface area contributed by atoms with Gasteiger partial charge < -0.3 is 19.3 Å². The topological polar surface area (TPSA) is 68.3 Å². The van der Waals surface area contributed by atoms with Crippen molar-refractivity contribution in [2.75, 3.05) is 6.61 Å². The maximum atomic E-state index is 11.6. The van der Waals surface area contributed by atoms with Gasteiger partial charge in [0.15, 0.2) is 5.60 Å². The van der Waals surface area contributed by atoms with Crippen LogP contribution in [0.4, 0.5) is 0 Å². The molecule has 150 valence electrons. The molecule has 0 aromatic carbocycles. The second-order valence-corrected chi connectivity index (χ2v) is 9.64. The molecule has 2 bridgehead atoms. The molecular formula is C22H32O5. The largest absolute Gasteiger partial charge is 0.458 e. The third-order valence-electron chi connectivity index (χ3n) is 7.51. The Morgan fingerprint density at radius 3 is 2.81 bits per heavy atom. The Balaban J connectivity index is 1.73. The van der Waals surface area contributed by atoms with E-state index in [1.165, 1.54) is 6.92 Å². The van der Waals surface area contributed by atoms with E-state index < -0.39 is 11.4 Å². The first-order valence-electron chi connectivity index (χ1n) is 10.1. The molecule has 1 saturated carbocycles. The summed E-state index contributed by atoms with van der Waals surface area (Å²) < 4.78 is 17.9. The molecule has 5 nitrogen and oxygen atoms in total. The fourth-order valence-electron chi connectivity index (χ4n) is 6.30. The zero-order chi connectivity index (χ0) is 19.7. The Hall–Kier alpha value is -1.17. The van der Waals surface area contributed by atoms with Gasteiger partial charge in [0.25, 0.3) is 0 Å². The summed E-state index contributed by atoms with van der Waals surface area (Å²) in [7, 11) is 0. The molecule has 5 heteroatoms. The molecule has 3 fully saturated rings. The number of rotatable bonds is 1. The van der Waals surface area contributed by atoms with Crippen molar-refractivity contribution < 1.29 is 24.1 Å². The normalized spacial score (nSPS) is 45.8. The number of aliphatic hydroxyl groups is 1. The summed E-state index contributed by atoms with van der Waals surface area (Å²) in [5.74, 6) is -1.22. The summed E-state index contributed by atoms with van der Waals surface area (Å²) in [5.41, 5.74) is 0.841. The van der Waals surface area contributed by atoms with Crippen LogP contribution in [0.25, 0.3) is 0 Å². The summed E-state index contributed by atoms with van der Waals surface area (Å²) in [5, 5.41) is 11.6. The average Bonchev–Trinajstić information content (AvgIpc) is 3.17. The summed E-state index contributed by atoms with van der Waals surface area (Å²) >= 11 is 0. The highest BCUT2D eigenvalue weighted by Gasteiger charge is 2.90. The van der Waals surface area contributed by atoms with Crippen LogP contribution in [-0.2, 0) is 19.0 Å². The van der Waals surface area contributed by atoms with Gasteiger partial charge in [0.1, 0.15) is 11.7 Å². The number of esters is 1. The van der Waals surface area contributed by atoms with Crippen molar-refractivity contribution in [3.63, 3.8) is 0 Å². The maximum absolute atomic E-state index is 11.6. The second kappa shape index (κ2) is 5.91. The third-order valence-corrected chi connectivity index (χ3v) is 7.51. The summed E-state index contributed by atoms with van der Waals surface area (Å²) in [6.45, 7) is 12.5. The molecule has 2 aliphatic carbocycles. The Morgan fingerprint density at radius 2 is 2.11 bits per heavy atom. The molecule has 2 saturated heterocycles. The standard InChI is InChI=1S/C22H32O5/c1-14-6-7-17-8-9-20-13-25-21(24,22(20,27-20)19(17,4)5)12-15(2)11-18(10-14)26-16(3)23/h11,17-18,24H,1,6-10,12-13H2,2-5H3/t17-,18+,20-,21-,22-/m1/s1. The van der Waals surface area contributed by atoms with Crippen molar-refractivity contribution in [1.82, 2.24) is 0 Å². The highest BCUT2D eigenvalue weighted by atomic mass is 16.8. The Bertz CT molecular complexity index is 709. The molecule has 0 aromatic heterocycles. The SMILES string of the molecule is C=C1CC[C@@H]2CC[C@@]34CO[C@](O)(CC(C)=C[C@@H](OC(C)=O)C1)[C@@]3(O4)C2(C)C. The highest BCUT2D eigenvalue weighted by Crippen LogP contribution is 2.75. The van der Waals surface area contributed by atoms with Gasteiger partial charge in [0.2, 0.25) is 5.79 Å². The number of carbonyl (C=O) groups is 1. The lowest BCUT2D eigenvalue weighted by Gasteiger charge is -2.48. The molecule has 0 amide bonds. The van der Waals surface area contributed by atoms with E-state index in [2.05, 4.69) is 20.4 Å². The molecule has 0 radical (unpaired) electrons. The van der Waals surface area contributed by atoms with Gasteiger partial charge in [-0.05, 0) is 44.6 Å². The lowest BCUT2D eigenvalue weighted by molar-refractivity contribution is -0.255. The van der Waals surface area contributed by atoms with E-state index in [1.54, 1.807) is 0 Å². The van der Waals surface area contributed by atoms with Crippen molar-refractivity contribution in [2.45, 2.75) is 89.3 Å². The van der Waals surface area contributed by atoms with Crippen molar-refractivity contribution in [3.05, 3.63) is 23.8 Å². The predicted octanol–water partition coefficient (Wildman–Crippen LogP) is 3.66. The number of epoxide rings is 1. The van der Waals surface area contributed by atoms with E-state index in [9.17, 15) is 9.90 Å². The van der Waals surface area contributed by atoms with Gasteiger partial charge in [-0.25, -0.2) is 0 Å². The van der Waals surface area contributed by atoms with Gasteiger partial charge >= 0.3 is 5.97 Å². The Labute approximate surface area is 161 Å². The number of ether oxygens (including phenoxy) is 3. The second-order valence-electron chi connectivity index (χ2n) is 9.64. The molecule has 4 aliphatic rings. The fourth-order valence-corrected chi connectivity index (χ4v) is 6.30. The van der Waals surface area contributed by atoms with Gasteiger partial charge in [-0.15, -0.1) is 0 Å². The summed E-state index contributed by atoms with van der Waals surface area (Å²) in [4.78, 5) is 11.5. The predicted molar refractivity (Wildman–Crippen MR) is 101 cm³/mol. The van der Waals surface area contributed by atoms with Crippen LogP contribution in [0.1, 0.15) is 66.2 Å². The quantitative estimate of drug-likeness (QED) is 0.430. The fraction of sp³-hybridized carbons (Fsp3) is 0.773. The minimum Gasteiger partial charge on any atom is -0.458 e. The molecule has 1 N–H and O–H groups in total. The van der Waals surface area contributed by atoms with E-state index in [0.717, 1.165) is 36.8 Å². The Kier molecular flexibility index (Phi) is 4.20. The van der Waals surface area contributed by atoms with E-state index >= 15 is 0 Å². The van der Waals surface area contributed by atoms with Crippen LogP contribution in [0, 0.1) is 11.3 Å². The minimum absolute atomic E-state index is 0.189. The van der Waals surface area contributed by atoms with Crippen molar-refractivity contribution in [1.29, 1.82) is 0 Å². The van der Waals surface area contributed by atoms with Crippen LogP contribution in [0.2, 0.25) is 0 Å². The summed E-state index contributed by atoms with van der Waals surface area (Å²) in [6.07, 6.45) is 6.46. The zero-order valence-corrected chi connectivity index (χ0v) is 17.0. The van der Waals surface area contributed by atoms with Crippen LogP contribution in [0.3, 0.4) is 0 Å². The Morgan fingerprint density at radius 1 is 1.37 bits per heavy atom. The van der Waals surface area contributed by atoms with Gasteiger partial charge in [-0.1, -0.05) is 31.6 Å². The van der Waals surface area contributed by atoms with Crippen molar-refractivity contribution >= 4 is 5.97 Å². The van der Waals surface area contributed by atoms with Crippen LogP contribution in [-0.4, -0.2) is 40.8 Å².